The maximum Gasteiger partial charge on any atom is 0.331 e. The Morgan fingerprint density at radius 2 is 1.59 bits per heavy atom. The molecule has 1 N–H and O–H groups in total. The molecule has 2 rings (SSSR count). The van der Waals surface area contributed by atoms with Crippen LogP contribution >= 0.6 is 0 Å². The quantitative estimate of drug-likeness (QED) is 0.757. The van der Waals surface area contributed by atoms with E-state index in [9.17, 15) is 14.4 Å². The second-order valence-corrected chi connectivity index (χ2v) is 3.15. The molecule has 2 aromatic rings. The van der Waals surface area contributed by atoms with Gasteiger partial charge in [-0.3, -0.25) is 14.6 Å². The van der Waals surface area contributed by atoms with Gasteiger partial charge in [0.25, 0.3) is 0 Å². The number of nitrogens with zero attached hydrogens (tertiary/aromatic N) is 1. The van der Waals surface area contributed by atoms with E-state index in [0.29, 0.717) is 6.54 Å². The van der Waals surface area contributed by atoms with E-state index in [0.717, 1.165) is 0 Å². The van der Waals surface area contributed by atoms with Crippen molar-refractivity contribution in [2.45, 2.75) is 0 Å². The smallest absolute Gasteiger partial charge is 0.331 e. The summed E-state index contributed by atoms with van der Waals surface area (Å²) in [4.78, 5) is 37.0. The molecule has 0 heterocycles. The maximum atomic E-state index is 11.7. The SMILES string of the molecule is O=C(O)[CH]N=c1c(=O)c2ccccc2c1=O.[Cu]. The van der Waals surface area contributed by atoms with Gasteiger partial charge in [-0.05, 0) is 0 Å². The number of carboxylic acids is 1. The predicted octanol–water partition coefficient (Wildman–Crippen LogP) is -0.420. The Hall–Kier alpha value is -1.78. The largest absolute Gasteiger partial charge is 0.480 e. The van der Waals surface area contributed by atoms with Crippen LogP contribution in [0.15, 0.2) is 38.8 Å². The van der Waals surface area contributed by atoms with Crippen LogP contribution in [0.5, 0.6) is 0 Å². The van der Waals surface area contributed by atoms with Crippen molar-refractivity contribution in [3.05, 3.63) is 56.6 Å². The van der Waals surface area contributed by atoms with Crippen LogP contribution in [0.4, 0.5) is 0 Å². The van der Waals surface area contributed by atoms with E-state index in [1.54, 1.807) is 12.1 Å². The number of fused-ring (bicyclic) bond motifs is 1. The third-order valence-electron chi connectivity index (χ3n) is 2.15. The molecule has 0 aliphatic rings. The first-order valence-corrected chi connectivity index (χ1v) is 4.43. The van der Waals surface area contributed by atoms with Crippen LogP contribution in [0, 0.1) is 6.54 Å². The third kappa shape index (κ3) is 2.32. The van der Waals surface area contributed by atoms with Gasteiger partial charge in [-0.1, -0.05) is 24.3 Å². The standard InChI is InChI=1S/C11H6NO4.Cu/c13-8(14)5-12-9-10(15)6-3-1-2-4-7(6)11(9)16;/h1-5H,(H,13,14);. The van der Waals surface area contributed by atoms with Crippen LogP contribution in [0.3, 0.4) is 0 Å². The first-order chi connectivity index (χ1) is 7.61. The van der Waals surface area contributed by atoms with E-state index in [1.807, 2.05) is 0 Å². The van der Waals surface area contributed by atoms with Crippen LogP contribution in [-0.4, -0.2) is 11.1 Å². The van der Waals surface area contributed by atoms with E-state index in [1.165, 1.54) is 12.1 Å². The van der Waals surface area contributed by atoms with Crippen molar-refractivity contribution < 1.29 is 27.0 Å². The summed E-state index contributed by atoms with van der Waals surface area (Å²) < 4.78 is 0. The van der Waals surface area contributed by atoms with Crippen LogP contribution < -0.4 is 16.2 Å². The Morgan fingerprint density at radius 1 is 1.12 bits per heavy atom. The molecule has 0 saturated heterocycles. The normalized spacial score (nSPS) is 9.88. The molecule has 90 valence electrons. The number of hydrogen-bond acceptors (Lipinski definition) is 4. The Morgan fingerprint density at radius 3 is 2.00 bits per heavy atom. The minimum atomic E-state index is -1.30. The second kappa shape index (κ2) is 5.03. The Bertz CT molecular complexity index is 663. The van der Waals surface area contributed by atoms with E-state index >= 15 is 0 Å². The molecule has 5 nitrogen and oxygen atoms in total. The summed E-state index contributed by atoms with van der Waals surface area (Å²) in [7, 11) is 0. The zero-order valence-corrected chi connectivity index (χ0v) is 9.25. The molecule has 2 radical (unpaired) electrons. The fourth-order valence-electron chi connectivity index (χ4n) is 1.47. The van der Waals surface area contributed by atoms with Gasteiger partial charge in [-0.2, -0.15) is 0 Å². The molecule has 6 heteroatoms. The van der Waals surface area contributed by atoms with E-state index in [4.69, 9.17) is 5.11 Å². The van der Waals surface area contributed by atoms with E-state index in [-0.39, 0.29) is 33.2 Å². The van der Waals surface area contributed by atoms with Gasteiger partial charge in [-0.15, -0.1) is 0 Å². The third-order valence-corrected chi connectivity index (χ3v) is 2.15. The molecule has 0 spiro atoms. The molecule has 2 aromatic carbocycles. The van der Waals surface area contributed by atoms with Crippen molar-refractivity contribution in [1.82, 2.24) is 0 Å². The molecule has 0 unspecified atom stereocenters. The molecule has 17 heavy (non-hydrogen) atoms. The van der Waals surface area contributed by atoms with Gasteiger partial charge < -0.3 is 5.11 Å². The molecule has 0 saturated carbocycles. The first kappa shape index (κ1) is 13.3. The van der Waals surface area contributed by atoms with Crippen molar-refractivity contribution in [2.24, 2.45) is 4.99 Å². The molecular weight excluding hydrogens is 274 g/mol. The average Bonchev–Trinajstić information content (AvgIpc) is 2.50. The number of carbonyl (C=O) groups is 1. The molecule has 0 amide bonds. The Labute approximate surface area is 106 Å². The molecule has 0 bridgehead atoms. The van der Waals surface area contributed by atoms with Gasteiger partial charge >= 0.3 is 5.97 Å². The summed E-state index contributed by atoms with van der Waals surface area (Å²) >= 11 is 0. The second-order valence-electron chi connectivity index (χ2n) is 3.15. The zero-order chi connectivity index (χ0) is 11.7. The van der Waals surface area contributed by atoms with Crippen molar-refractivity contribution in [3.8, 4) is 0 Å². The summed E-state index contributed by atoms with van der Waals surface area (Å²) in [6.45, 7) is 0.539. The van der Waals surface area contributed by atoms with Crippen molar-refractivity contribution >= 4 is 16.7 Å². The van der Waals surface area contributed by atoms with Crippen LogP contribution in [0.1, 0.15) is 0 Å². The number of benzene rings is 1. The maximum absolute atomic E-state index is 11.7. The molecule has 0 atom stereocenters. The Balaban J connectivity index is 0.00000144. The number of carboxylic acid groups (broad SMARTS) is 1. The molecule has 0 aromatic heterocycles. The van der Waals surface area contributed by atoms with Crippen LogP contribution in [-0.2, 0) is 21.9 Å². The minimum absolute atomic E-state index is 0. The van der Waals surface area contributed by atoms with Crippen LogP contribution in [0.25, 0.3) is 10.8 Å². The average molecular weight is 280 g/mol. The van der Waals surface area contributed by atoms with E-state index < -0.39 is 16.8 Å². The minimum Gasteiger partial charge on any atom is -0.480 e. The molecule has 0 aliphatic heterocycles. The molecular formula is C11H6CuNO4. The summed E-state index contributed by atoms with van der Waals surface area (Å²) in [5.74, 6) is -1.30. The molecule has 0 aliphatic carbocycles. The number of rotatable bonds is 2. The monoisotopic (exact) mass is 279 g/mol. The van der Waals surface area contributed by atoms with Crippen molar-refractivity contribution in [1.29, 1.82) is 0 Å². The molecule has 0 fully saturated rings. The number of hydrogen-bond donors (Lipinski definition) is 1. The van der Waals surface area contributed by atoms with Gasteiger partial charge in [0.05, 0.1) is 0 Å². The fourth-order valence-corrected chi connectivity index (χ4v) is 1.47. The summed E-state index contributed by atoms with van der Waals surface area (Å²) in [6, 6.07) is 6.29. The summed E-state index contributed by atoms with van der Waals surface area (Å²) in [6.07, 6.45) is 0. The number of aliphatic carboxylic acids is 1. The van der Waals surface area contributed by atoms with Gasteiger partial charge in [-0.25, -0.2) is 4.79 Å². The van der Waals surface area contributed by atoms with Gasteiger partial charge in [0, 0.05) is 27.8 Å². The van der Waals surface area contributed by atoms with Crippen LogP contribution in [0.2, 0.25) is 0 Å². The fraction of sp³-hybridized carbons (Fsp3) is 0. The topological polar surface area (TPSA) is 83.8 Å². The zero-order valence-electron chi connectivity index (χ0n) is 8.31. The Kier molecular flexibility index (Phi) is 3.93. The van der Waals surface area contributed by atoms with Gasteiger partial charge in [0.2, 0.25) is 10.9 Å². The van der Waals surface area contributed by atoms with Gasteiger partial charge in [0.1, 0.15) is 0 Å². The van der Waals surface area contributed by atoms with Gasteiger partial charge in [0.15, 0.2) is 11.9 Å². The first-order valence-electron chi connectivity index (χ1n) is 4.43. The summed E-state index contributed by atoms with van der Waals surface area (Å²) in [5.41, 5.74) is -1.06. The summed E-state index contributed by atoms with van der Waals surface area (Å²) in [5, 5.41) is 8.57. The van der Waals surface area contributed by atoms with E-state index in [2.05, 4.69) is 4.99 Å². The predicted molar refractivity (Wildman–Crippen MR) is 56.4 cm³/mol. The van der Waals surface area contributed by atoms with Crippen molar-refractivity contribution in [2.75, 3.05) is 0 Å². The van der Waals surface area contributed by atoms with Crippen molar-refractivity contribution in [3.63, 3.8) is 0 Å².